The third-order valence-electron chi connectivity index (χ3n) is 3.52. The van der Waals surface area contributed by atoms with Gasteiger partial charge in [0.25, 0.3) is 0 Å². The fourth-order valence-electron chi connectivity index (χ4n) is 2.42. The third-order valence-corrected chi connectivity index (χ3v) is 5.47. The molecular weight excluding hydrogens is 298 g/mol. The predicted molar refractivity (Wildman–Crippen MR) is 79.1 cm³/mol. The monoisotopic (exact) mass is 315 g/mol. The number of rotatable bonds is 3. The van der Waals surface area contributed by atoms with E-state index in [1.165, 1.54) is 10.4 Å². The molecule has 0 amide bonds. The first-order valence-electron chi connectivity index (χ1n) is 6.23. The van der Waals surface area contributed by atoms with Gasteiger partial charge in [-0.2, -0.15) is 9.57 Å². The molecule has 1 saturated heterocycles. The molecule has 1 aliphatic heterocycles. The van der Waals surface area contributed by atoms with Crippen LogP contribution in [0, 0.1) is 18.3 Å². The Labute approximate surface area is 125 Å². The van der Waals surface area contributed by atoms with Crippen molar-refractivity contribution >= 4 is 22.4 Å². The number of aryl methyl sites for hydroxylation is 1. The van der Waals surface area contributed by atoms with Gasteiger partial charge < -0.3 is 5.73 Å². The zero-order chi connectivity index (χ0) is 14.0. The third kappa shape index (κ3) is 2.96. The molecule has 0 saturated carbocycles. The summed E-state index contributed by atoms with van der Waals surface area (Å²) in [6, 6.07) is 6.52. The molecule has 1 atom stereocenters. The molecule has 1 aromatic carbocycles. The first-order valence-corrected chi connectivity index (χ1v) is 7.67. The van der Waals surface area contributed by atoms with E-state index in [1.807, 2.05) is 6.07 Å². The average molecular weight is 316 g/mol. The van der Waals surface area contributed by atoms with E-state index in [2.05, 4.69) is 0 Å². The maximum Gasteiger partial charge on any atom is 0.243 e. The summed E-state index contributed by atoms with van der Waals surface area (Å²) in [5, 5.41) is 8.88. The van der Waals surface area contributed by atoms with Gasteiger partial charge in [-0.15, -0.1) is 12.4 Å². The number of nitrogens with two attached hydrogens (primary N) is 1. The van der Waals surface area contributed by atoms with Gasteiger partial charge in [-0.05, 0) is 43.5 Å². The highest BCUT2D eigenvalue weighted by Crippen LogP contribution is 2.26. The fraction of sp³-hybridized carbons (Fsp3) is 0.462. The highest BCUT2D eigenvalue weighted by molar-refractivity contribution is 7.89. The van der Waals surface area contributed by atoms with E-state index >= 15 is 0 Å². The van der Waals surface area contributed by atoms with Crippen molar-refractivity contribution < 1.29 is 8.42 Å². The first-order chi connectivity index (χ1) is 9.00. The van der Waals surface area contributed by atoms with E-state index in [1.54, 1.807) is 19.1 Å². The maximum atomic E-state index is 12.5. The van der Waals surface area contributed by atoms with E-state index < -0.39 is 10.0 Å². The lowest BCUT2D eigenvalue weighted by Gasteiger charge is -2.23. The highest BCUT2D eigenvalue weighted by atomic mass is 35.5. The topological polar surface area (TPSA) is 87.2 Å². The van der Waals surface area contributed by atoms with Crippen LogP contribution < -0.4 is 5.73 Å². The van der Waals surface area contributed by atoms with Crippen LogP contribution >= 0.6 is 12.4 Å². The van der Waals surface area contributed by atoms with Gasteiger partial charge in [0.2, 0.25) is 10.0 Å². The maximum absolute atomic E-state index is 12.5. The van der Waals surface area contributed by atoms with E-state index in [9.17, 15) is 8.42 Å². The number of halogens is 1. The molecule has 1 aliphatic rings. The summed E-state index contributed by atoms with van der Waals surface area (Å²) in [6.07, 6.45) is 1.65. The van der Waals surface area contributed by atoms with Crippen LogP contribution in [0.1, 0.15) is 24.0 Å². The minimum absolute atomic E-state index is 0. The van der Waals surface area contributed by atoms with Gasteiger partial charge in [-0.1, -0.05) is 0 Å². The number of benzene rings is 1. The van der Waals surface area contributed by atoms with Gasteiger partial charge in [-0.25, -0.2) is 8.42 Å². The molecule has 0 radical (unpaired) electrons. The van der Waals surface area contributed by atoms with Crippen molar-refractivity contribution in [2.45, 2.75) is 30.7 Å². The van der Waals surface area contributed by atoms with Crippen molar-refractivity contribution in [3.63, 3.8) is 0 Å². The number of nitriles is 1. The zero-order valence-corrected chi connectivity index (χ0v) is 12.9. The summed E-state index contributed by atoms with van der Waals surface area (Å²) >= 11 is 0. The van der Waals surface area contributed by atoms with Crippen molar-refractivity contribution in [1.29, 1.82) is 5.26 Å². The molecule has 5 nitrogen and oxygen atoms in total. The summed E-state index contributed by atoms with van der Waals surface area (Å²) < 4.78 is 26.6. The van der Waals surface area contributed by atoms with Crippen molar-refractivity contribution in [3.05, 3.63) is 29.3 Å². The molecule has 1 heterocycles. The van der Waals surface area contributed by atoms with Crippen LogP contribution in [0.25, 0.3) is 0 Å². The molecular formula is C13H18ClN3O2S. The number of sulfonamides is 1. The summed E-state index contributed by atoms with van der Waals surface area (Å²) in [5.41, 5.74) is 6.79. The second-order valence-corrected chi connectivity index (χ2v) is 6.63. The molecule has 0 aromatic heterocycles. The number of hydrogen-bond donors (Lipinski definition) is 1. The van der Waals surface area contributed by atoms with E-state index in [0.29, 0.717) is 24.2 Å². The Morgan fingerprint density at radius 2 is 2.20 bits per heavy atom. The van der Waals surface area contributed by atoms with E-state index in [0.717, 1.165) is 12.8 Å². The van der Waals surface area contributed by atoms with Crippen LogP contribution in [-0.4, -0.2) is 31.9 Å². The lowest BCUT2D eigenvalue weighted by Crippen LogP contribution is -2.39. The van der Waals surface area contributed by atoms with Gasteiger partial charge >= 0.3 is 0 Å². The molecule has 0 spiro atoms. The predicted octanol–water partition coefficient (Wildman–Crippen LogP) is 1.40. The smallest absolute Gasteiger partial charge is 0.243 e. The number of hydrogen-bond acceptors (Lipinski definition) is 4. The molecule has 1 unspecified atom stereocenters. The number of nitrogens with zero attached hydrogens (tertiary/aromatic N) is 2. The molecule has 20 heavy (non-hydrogen) atoms. The summed E-state index contributed by atoms with van der Waals surface area (Å²) in [5.74, 6) is 0. The normalized spacial score (nSPS) is 19.4. The summed E-state index contributed by atoms with van der Waals surface area (Å²) in [6.45, 7) is 2.60. The molecule has 110 valence electrons. The van der Waals surface area contributed by atoms with Gasteiger partial charge in [0, 0.05) is 19.1 Å². The Morgan fingerprint density at radius 1 is 1.50 bits per heavy atom. The Bertz CT molecular complexity index is 625. The largest absolute Gasteiger partial charge is 0.329 e. The Hall–Kier alpha value is -1.13. The Morgan fingerprint density at radius 3 is 2.75 bits per heavy atom. The highest BCUT2D eigenvalue weighted by Gasteiger charge is 2.34. The van der Waals surface area contributed by atoms with Crippen LogP contribution in [-0.2, 0) is 10.0 Å². The molecule has 0 aliphatic carbocycles. The Kier molecular flexibility index (Phi) is 5.54. The minimum Gasteiger partial charge on any atom is -0.329 e. The van der Waals surface area contributed by atoms with Crippen LogP contribution in [0.15, 0.2) is 23.1 Å². The van der Waals surface area contributed by atoms with Crippen LogP contribution in [0.4, 0.5) is 0 Å². The van der Waals surface area contributed by atoms with Gasteiger partial charge in [0.1, 0.15) is 0 Å². The van der Waals surface area contributed by atoms with Gasteiger partial charge in [-0.3, -0.25) is 0 Å². The van der Waals surface area contributed by atoms with Crippen LogP contribution in [0.2, 0.25) is 0 Å². The Balaban J connectivity index is 0.00000200. The lowest BCUT2D eigenvalue weighted by molar-refractivity contribution is 0.393. The van der Waals surface area contributed by atoms with E-state index in [4.69, 9.17) is 11.0 Å². The van der Waals surface area contributed by atoms with Crippen molar-refractivity contribution in [2.24, 2.45) is 5.73 Å². The van der Waals surface area contributed by atoms with E-state index in [-0.39, 0.29) is 23.3 Å². The molecule has 2 rings (SSSR count). The second kappa shape index (κ2) is 6.55. The van der Waals surface area contributed by atoms with Crippen molar-refractivity contribution in [2.75, 3.05) is 13.1 Å². The molecule has 1 aromatic rings. The molecule has 2 N–H and O–H groups in total. The van der Waals surface area contributed by atoms with Crippen molar-refractivity contribution in [1.82, 2.24) is 4.31 Å². The quantitative estimate of drug-likeness (QED) is 0.913. The summed E-state index contributed by atoms with van der Waals surface area (Å²) in [4.78, 5) is 0.240. The second-order valence-electron chi connectivity index (χ2n) is 4.74. The zero-order valence-electron chi connectivity index (χ0n) is 11.2. The van der Waals surface area contributed by atoms with Crippen LogP contribution in [0.3, 0.4) is 0 Å². The first kappa shape index (κ1) is 16.9. The average Bonchev–Trinajstić information content (AvgIpc) is 2.87. The van der Waals surface area contributed by atoms with Crippen LogP contribution in [0.5, 0.6) is 0 Å². The fourth-order valence-corrected chi connectivity index (χ4v) is 4.21. The van der Waals surface area contributed by atoms with Gasteiger partial charge in [0.05, 0.1) is 16.5 Å². The molecule has 7 heteroatoms. The standard InChI is InChI=1S/C13H17N3O2S.ClH/c1-10-7-13(5-4-11(10)8-14)19(17,18)16-6-2-3-12(16)9-15;/h4-5,7,12H,2-3,6,9,15H2,1H3;1H. The SMILES string of the molecule is Cc1cc(S(=O)(=O)N2CCCC2CN)ccc1C#N.Cl. The molecule has 0 bridgehead atoms. The summed E-state index contributed by atoms with van der Waals surface area (Å²) in [7, 11) is -3.50. The minimum atomic E-state index is -3.50. The molecule has 1 fully saturated rings. The van der Waals surface area contributed by atoms with Gasteiger partial charge in [0.15, 0.2) is 0 Å². The lowest BCUT2D eigenvalue weighted by atomic mass is 10.1. The van der Waals surface area contributed by atoms with Crippen molar-refractivity contribution in [3.8, 4) is 6.07 Å².